The van der Waals surface area contributed by atoms with Gasteiger partial charge in [-0.25, -0.2) is 4.79 Å². The van der Waals surface area contributed by atoms with Crippen LogP contribution in [0.25, 0.3) is 0 Å². The van der Waals surface area contributed by atoms with Gasteiger partial charge in [0.25, 0.3) is 0 Å². The van der Waals surface area contributed by atoms with Gasteiger partial charge in [-0.05, 0) is 26.2 Å². The molecule has 0 aromatic carbocycles. The van der Waals surface area contributed by atoms with E-state index in [1.165, 1.54) is 0 Å². The van der Waals surface area contributed by atoms with Crippen LogP contribution in [0.4, 0.5) is 0 Å². The van der Waals surface area contributed by atoms with Gasteiger partial charge in [0.15, 0.2) is 5.76 Å². The lowest BCUT2D eigenvalue weighted by Crippen LogP contribution is -2.60. The molecule has 6 heteroatoms. The number of fused-ring (bicyclic) bond motifs is 1. The molecule has 6 rings (SSSR count). The molecule has 5 bridgehead atoms. The van der Waals surface area contributed by atoms with E-state index in [1.807, 2.05) is 0 Å². The van der Waals surface area contributed by atoms with Crippen molar-refractivity contribution in [2.75, 3.05) is 13.7 Å². The van der Waals surface area contributed by atoms with Gasteiger partial charge in [0.05, 0.1) is 36.2 Å². The zero-order valence-corrected chi connectivity index (χ0v) is 16.9. The van der Waals surface area contributed by atoms with Gasteiger partial charge in [-0.2, -0.15) is 0 Å². The maximum absolute atomic E-state index is 12.2. The fraction of sp³-hybridized carbons (Fsp3) is 0.682. The molecule has 0 aromatic heterocycles. The van der Waals surface area contributed by atoms with Crippen LogP contribution in [0.1, 0.15) is 40.0 Å². The average Bonchev–Trinajstić information content (AvgIpc) is 3.38. The molecule has 0 aliphatic carbocycles. The van der Waals surface area contributed by atoms with E-state index in [0.717, 1.165) is 31.6 Å². The van der Waals surface area contributed by atoms with Crippen molar-refractivity contribution in [2.24, 2.45) is 17.8 Å². The van der Waals surface area contributed by atoms with Gasteiger partial charge in [-0.15, -0.1) is 0 Å². The number of ether oxygens (including phenoxy) is 4. The van der Waals surface area contributed by atoms with E-state index in [-0.39, 0.29) is 29.4 Å². The van der Waals surface area contributed by atoms with Crippen molar-refractivity contribution in [3.8, 4) is 0 Å². The molecular weight excluding hydrogens is 358 g/mol. The number of hydrogen-bond donors (Lipinski definition) is 0. The summed E-state index contributed by atoms with van der Waals surface area (Å²) >= 11 is 0. The first-order valence-electron chi connectivity index (χ1n) is 10.5. The molecule has 6 aliphatic rings. The summed E-state index contributed by atoms with van der Waals surface area (Å²) < 4.78 is 24.5. The number of cyclic esters (lactones) is 1. The largest absolute Gasteiger partial charge is 0.492 e. The lowest BCUT2D eigenvalue weighted by atomic mass is 9.71. The van der Waals surface area contributed by atoms with Gasteiger partial charge in [0.1, 0.15) is 5.76 Å². The minimum atomic E-state index is -0.609. The molecule has 6 heterocycles. The zero-order chi connectivity index (χ0) is 19.4. The van der Waals surface area contributed by atoms with Crippen LogP contribution in [0.15, 0.2) is 35.0 Å². The quantitative estimate of drug-likeness (QED) is 0.550. The van der Waals surface area contributed by atoms with E-state index in [2.05, 4.69) is 30.9 Å². The Bertz CT molecular complexity index is 874. The monoisotopic (exact) mass is 385 g/mol. The van der Waals surface area contributed by atoms with Gasteiger partial charge < -0.3 is 18.9 Å². The summed E-state index contributed by atoms with van der Waals surface area (Å²) in [6.07, 6.45) is 8.04. The molecule has 0 saturated carbocycles. The van der Waals surface area contributed by atoms with E-state index in [9.17, 15) is 4.79 Å². The summed E-state index contributed by atoms with van der Waals surface area (Å²) in [4.78, 5) is 14.9. The lowest BCUT2D eigenvalue weighted by molar-refractivity contribution is -0.255. The molecule has 8 atom stereocenters. The van der Waals surface area contributed by atoms with Crippen molar-refractivity contribution < 1.29 is 23.7 Å². The number of allylic oxidation sites excluding steroid dienone is 2. The number of methoxy groups -OCH3 is 1. The SMILES string of the molecule is CC/C=C/[C@]12C3CCN1C1C[C@@H]2O[C@@]32O/C(=C3/OC(=O)C(C)=C3OC)[C@@H](C)[C@H]12. The Labute approximate surface area is 165 Å². The standard InChI is InChI=1S/C22H27NO5/c1-5-6-8-21-14-7-9-23(21)13-10-15(21)27-22(14)16(13)11(2)18(28-22)19-17(25-4)12(3)20(24)26-19/h6,8,11,13-16H,5,7,9-10H2,1-4H3/b8-6+,19-18+/t11-,13?,14?,15-,16+,21+,22+/m0/s1. The van der Waals surface area contributed by atoms with Gasteiger partial charge in [0, 0.05) is 18.5 Å². The van der Waals surface area contributed by atoms with E-state index in [1.54, 1.807) is 14.0 Å². The van der Waals surface area contributed by atoms with Crippen molar-refractivity contribution in [3.05, 3.63) is 35.0 Å². The highest BCUT2D eigenvalue weighted by atomic mass is 16.7. The molecule has 6 nitrogen and oxygen atoms in total. The van der Waals surface area contributed by atoms with Crippen molar-refractivity contribution in [3.63, 3.8) is 0 Å². The Morgan fingerprint density at radius 1 is 1.39 bits per heavy atom. The van der Waals surface area contributed by atoms with Crippen molar-refractivity contribution in [1.82, 2.24) is 4.90 Å². The van der Waals surface area contributed by atoms with E-state index >= 15 is 0 Å². The first-order valence-corrected chi connectivity index (χ1v) is 10.5. The van der Waals surface area contributed by atoms with Crippen LogP contribution in [0.5, 0.6) is 0 Å². The molecule has 0 amide bonds. The highest BCUT2D eigenvalue weighted by Gasteiger charge is 2.83. The van der Waals surface area contributed by atoms with Gasteiger partial charge >= 0.3 is 5.97 Å². The first-order chi connectivity index (χ1) is 13.5. The van der Waals surface area contributed by atoms with Crippen LogP contribution in [-0.2, 0) is 23.7 Å². The molecule has 5 fully saturated rings. The fourth-order valence-corrected chi connectivity index (χ4v) is 7.22. The van der Waals surface area contributed by atoms with Crippen LogP contribution < -0.4 is 0 Å². The predicted molar refractivity (Wildman–Crippen MR) is 99.6 cm³/mol. The number of hydrogen-bond acceptors (Lipinski definition) is 6. The van der Waals surface area contributed by atoms with Gasteiger partial charge in [-0.3, -0.25) is 4.90 Å². The number of carbonyl (C=O) groups is 1. The van der Waals surface area contributed by atoms with Crippen LogP contribution in [0.2, 0.25) is 0 Å². The molecule has 5 saturated heterocycles. The third-order valence-electron chi connectivity index (χ3n) is 8.10. The number of carbonyl (C=O) groups excluding carboxylic acids is 1. The van der Waals surface area contributed by atoms with E-state index in [4.69, 9.17) is 18.9 Å². The van der Waals surface area contributed by atoms with Gasteiger partial charge in [-0.1, -0.05) is 26.0 Å². The minimum Gasteiger partial charge on any atom is -0.492 e. The first kappa shape index (κ1) is 17.1. The Balaban J connectivity index is 1.49. The summed E-state index contributed by atoms with van der Waals surface area (Å²) in [6.45, 7) is 7.21. The second-order valence-corrected chi connectivity index (χ2v) is 9.02. The lowest BCUT2D eigenvalue weighted by Gasteiger charge is -2.47. The molecule has 0 radical (unpaired) electrons. The normalized spacial score (nSPS) is 52.8. The highest BCUT2D eigenvalue weighted by Crippen LogP contribution is 2.72. The van der Waals surface area contributed by atoms with Crippen molar-refractivity contribution >= 4 is 5.97 Å². The molecular formula is C22H27NO5. The van der Waals surface area contributed by atoms with Crippen LogP contribution in [-0.4, -0.2) is 48.0 Å². The Hall–Kier alpha value is -1.79. The van der Waals surface area contributed by atoms with Crippen molar-refractivity contribution in [1.29, 1.82) is 0 Å². The minimum absolute atomic E-state index is 0.0286. The number of nitrogens with zero attached hydrogens (tertiary/aromatic N) is 1. The Morgan fingerprint density at radius 3 is 2.96 bits per heavy atom. The van der Waals surface area contributed by atoms with Gasteiger partial charge in [0.2, 0.25) is 11.5 Å². The smallest absolute Gasteiger partial charge is 0.343 e. The molecule has 150 valence electrons. The number of esters is 1. The van der Waals surface area contributed by atoms with Crippen LogP contribution in [0, 0.1) is 17.8 Å². The molecule has 28 heavy (non-hydrogen) atoms. The average molecular weight is 385 g/mol. The second kappa shape index (κ2) is 5.22. The Morgan fingerprint density at radius 2 is 2.21 bits per heavy atom. The van der Waals surface area contributed by atoms with Crippen LogP contribution >= 0.6 is 0 Å². The highest BCUT2D eigenvalue weighted by molar-refractivity contribution is 5.93. The summed E-state index contributed by atoms with van der Waals surface area (Å²) in [7, 11) is 1.57. The summed E-state index contributed by atoms with van der Waals surface area (Å²) in [5.74, 6) is 1.38. The van der Waals surface area contributed by atoms with Crippen LogP contribution in [0.3, 0.4) is 0 Å². The summed E-state index contributed by atoms with van der Waals surface area (Å²) in [5, 5.41) is 0. The maximum atomic E-state index is 12.2. The fourth-order valence-electron chi connectivity index (χ4n) is 7.22. The summed E-state index contributed by atoms with van der Waals surface area (Å²) in [5.41, 5.74) is 0.467. The molecule has 3 unspecified atom stereocenters. The van der Waals surface area contributed by atoms with Crippen molar-refractivity contribution in [2.45, 2.75) is 63.5 Å². The Kier molecular flexibility index (Phi) is 3.19. The topological polar surface area (TPSA) is 57.2 Å². The molecule has 6 aliphatic heterocycles. The number of rotatable bonds is 3. The molecule has 1 spiro atoms. The van der Waals surface area contributed by atoms with E-state index < -0.39 is 5.79 Å². The molecule has 0 aromatic rings. The second-order valence-electron chi connectivity index (χ2n) is 9.02. The third-order valence-corrected chi connectivity index (χ3v) is 8.10. The van der Waals surface area contributed by atoms with E-state index in [0.29, 0.717) is 29.1 Å². The number of piperidine rings is 1. The predicted octanol–water partition coefficient (Wildman–Crippen LogP) is 2.87. The zero-order valence-electron chi connectivity index (χ0n) is 16.9. The third kappa shape index (κ3) is 1.60. The molecule has 0 N–H and O–H groups in total. The summed E-state index contributed by atoms with van der Waals surface area (Å²) in [6, 6.07) is 0.445. The maximum Gasteiger partial charge on any atom is 0.343 e.